The van der Waals surface area contributed by atoms with Crippen LogP contribution in [0.5, 0.6) is 0 Å². The van der Waals surface area contributed by atoms with Gasteiger partial charge in [-0.05, 0) is 31.6 Å². The zero-order chi connectivity index (χ0) is 27.9. The number of unbranched alkanes of at least 4 members (excludes halogenated alkanes) is 20. The standard InChI is InChI=1S/C36H72O2/c1-5-9-13-17-21-25-29-34(30-26-22-18-14-10-6-2)33-38-36(37)35(31-27-23-19-15-11-7-3)32-28-24-20-16-12-8-4/h34-35H,5-33H2,1-4H3. The lowest BCUT2D eigenvalue weighted by atomic mass is 9.93. The van der Waals surface area contributed by atoms with Gasteiger partial charge in [0.2, 0.25) is 0 Å². The van der Waals surface area contributed by atoms with E-state index in [1.165, 1.54) is 167 Å². The van der Waals surface area contributed by atoms with Gasteiger partial charge in [-0.15, -0.1) is 0 Å². The SMILES string of the molecule is CCCCCCCCC(CCCCCCCC)COC(=O)C(CCCCCCCC)CCCCCCCC. The molecule has 0 saturated carbocycles. The van der Waals surface area contributed by atoms with Gasteiger partial charge in [-0.2, -0.15) is 0 Å². The quantitative estimate of drug-likeness (QED) is 0.0650. The van der Waals surface area contributed by atoms with Gasteiger partial charge in [0.25, 0.3) is 0 Å². The average Bonchev–Trinajstić information content (AvgIpc) is 2.93. The highest BCUT2D eigenvalue weighted by Gasteiger charge is 2.21. The molecule has 0 atom stereocenters. The van der Waals surface area contributed by atoms with Crippen molar-refractivity contribution in [1.29, 1.82) is 0 Å². The van der Waals surface area contributed by atoms with Crippen LogP contribution in [0.3, 0.4) is 0 Å². The smallest absolute Gasteiger partial charge is 0.308 e. The molecule has 228 valence electrons. The van der Waals surface area contributed by atoms with Gasteiger partial charge in [0.05, 0.1) is 12.5 Å². The molecule has 2 nitrogen and oxygen atoms in total. The number of rotatable bonds is 31. The fraction of sp³-hybridized carbons (Fsp3) is 0.972. The first-order valence-electron chi connectivity index (χ1n) is 17.9. The highest BCUT2D eigenvalue weighted by molar-refractivity contribution is 5.72. The fourth-order valence-corrected chi connectivity index (χ4v) is 5.78. The van der Waals surface area contributed by atoms with Crippen LogP contribution in [-0.4, -0.2) is 12.6 Å². The molecule has 0 radical (unpaired) electrons. The first-order valence-corrected chi connectivity index (χ1v) is 17.9. The molecule has 0 amide bonds. The summed E-state index contributed by atoms with van der Waals surface area (Å²) >= 11 is 0. The lowest BCUT2D eigenvalue weighted by molar-refractivity contribution is -0.150. The van der Waals surface area contributed by atoms with Crippen molar-refractivity contribution in [3.63, 3.8) is 0 Å². The van der Waals surface area contributed by atoms with Crippen LogP contribution < -0.4 is 0 Å². The Kier molecular flexibility index (Phi) is 30.6. The molecule has 0 fully saturated rings. The highest BCUT2D eigenvalue weighted by Crippen LogP contribution is 2.24. The molecule has 0 bridgehead atoms. The molecule has 0 aliphatic carbocycles. The monoisotopic (exact) mass is 537 g/mol. The number of hydrogen-bond donors (Lipinski definition) is 0. The molecule has 0 rings (SSSR count). The van der Waals surface area contributed by atoms with E-state index in [-0.39, 0.29) is 11.9 Å². The van der Waals surface area contributed by atoms with Crippen molar-refractivity contribution < 1.29 is 9.53 Å². The summed E-state index contributed by atoms with van der Waals surface area (Å²) in [6, 6.07) is 0. The highest BCUT2D eigenvalue weighted by atomic mass is 16.5. The number of carbonyl (C=O) groups is 1. The minimum atomic E-state index is 0.128. The van der Waals surface area contributed by atoms with E-state index in [4.69, 9.17) is 4.74 Å². The summed E-state index contributed by atoms with van der Waals surface area (Å²) in [4.78, 5) is 13.3. The molecule has 0 saturated heterocycles. The van der Waals surface area contributed by atoms with Crippen molar-refractivity contribution >= 4 is 5.97 Å². The van der Waals surface area contributed by atoms with E-state index in [9.17, 15) is 4.79 Å². The summed E-state index contributed by atoms with van der Waals surface area (Å²) in [6.07, 6.45) is 36.3. The van der Waals surface area contributed by atoms with Crippen LogP contribution in [0, 0.1) is 11.8 Å². The summed E-state index contributed by atoms with van der Waals surface area (Å²) in [7, 11) is 0. The third kappa shape index (κ3) is 25.7. The number of carbonyl (C=O) groups excluding carboxylic acids is 1. The van der Waals surface area contributed by atoms with Crippen molar-refractivity contribution in [2.75, 3.05) is 6.61 Å². The topological polar surface area (TPSA) is 26.3 Å². The van der Waals surface area contributed by atoms with Crippen LogP contribution in [0.4, 0.5) is 0 Å². The summed E-state index contributed by atoms with van der Waals surface area (Å²) < 4.78 is 6.11. The van der Waals surface area contributed by atoms with E-state index in [1.54, 1.807) is 0 Å². The maximum absolute atomic E-state index is 13.3. The van der Waals surface area contributed by atoms with Crippen LogP contribution in [0.25, 0.3) is 0 Å². The maximum Gasteiger partial charge on any atom is 0.308 e. The minimum Gasteiger partial charge on any atom is -0.465 e. The van der Waals surface area contributed by atoms with E-state index in [2.05, 4.69) is 27.7 Å². The van der Waals surface area contributed by atoms with Gasteiger partial charge in [0.1, 0.15) is 0 Å². The molecule has 0 aromatic rings. The van der Waals surface area contributed by atoms with Crippen molar-refractivity contribution in [1.82, 2.24) is 0 Å². The van der Waals surface area contributed by atoms with Gasteiger partial charge in [0, 0.05) is 0 Å². The van der Waals surface area contributed by atoms with Crippen molar-refractivity contribution in [2.24, 2.45) is 11.8 Å². The van der Waals surface area contributed by atoms with E-state index < -0.39 is 0 Å². The van der Waals surface area contributed by atoms with Crippen LogP contribution in [0.15, 0.2) is 0 Å². The Labute approximate surface area is 241 Å². The van der Waals surface area contributed by atoms with Gasteiger partial charge >= 0.3 is 5.97 Å². The minimum absolute atomic E-state index is 0.128. The first-order chi connectivity index (χ1) is 18.7. The number of hydrogen-bond acceptors (Lipinski definition) is 2. The Hall–Kier alpha value is -0.530. The Balaban J connectivity index is 4.64. The average molecular weight is 537 g/mol. The second-order valence-corrected chi connectivity index (χ2v) is 12.4. The zero-order valence-electron chi connectivity index (χ0n) is 27.0. The second-order valence-electron chi connectivity index (χ2n) is 12.4. The van der Waals surface area contributed by atoms with Crippen molar-refractivity contribution in [3.8, 4) is 0 Å². The van der Waals surface area contributed by atoms with E-state index in [0.29, 0.717) is 12.5 Å². The lowest BCUT2D eigenvalue weighted by Crippen LogP contribution is -2.22. The van der Waals surface area contributed by atoms with Crippen LogP contribution in [0.1, 0.15) is 207 Å². The normalized spacial score (nSPS) is 11.6. The maximum atomic E-state index is 13.3. The molecular formula is C36H72O2. The summed E-state index contributed by atoms with van der Waals surface area (Å²) in [5.41, 5.74) is 0. The molecule has 0 spiro atoms. The Morgan fingerprint density at radius 1 is 0.421 bits per heavy atom. The summed E-state index contributed by atoms with van der Waals surface area (Å²) in [5, 5.41) is 0. The molecule has 38 heavy (non-hydrogen) atoms. The number of esters is 1. The Bertz CT molecular complexity index is 428. The largest absolute Gasteiger partial charge is 0.465 e. The van der Waals surface area contributed by atoms with E-state index in [0.717, 1.165) is 12.8 Å². The van der Waals surface area contributed by atoms with Gasteiger partial charge in [-0.1, -0.05) is 182 Å². The molecule has 0 aromatic heterocycles. The summed E-state index contributed by atoms with van der Waals surface area (Å²) in [6.45, 7) is 9.80. The van der Waals surface area contributed by atoms with Gasteiger partial charge in [0.15, 0.2) is 0 Å². The molecule has 0 heterocycles. The van der Waals surface area contributed by atoms with E-state index in [1.807, 2.05) is 0 Å². The van der Waals surface area contributed by atoms with Crippen LogP contribution in [0.2, 0.25) is 0 Å². The molecule has 2 heteroatoms. The molecule has 0 aromatic carbocycles. The van der Waals surface area contributed by atoms with Crippen molar-refractivity contribution in [2.45, 2.75) is 207 Å². The predicted molar refractivity (Wildman–Crippen MR) is 170 cm³/mol. The Morgan fingerprint density at radius 2 is 0.711 bits per heavy atom. The van der Waals surface area contributed by atoms with Gasteiger partial charge in [-0.25, -0.2) is 0 Å². The van der Waals surface area contributed by atoms with E-state index >= 15 is 0 Å². The molecule has 0 N–H and O–H groups in total. The molecule has 0 unspecified atom stereocenters. The Morgan fingerprint density at radius 3 is 1.05 bits per heavy atom. The molecule has 0 aliphatic heterocycles. The third-order valence-corrected chi connectivity index (χ3v) is 8.54. The predicted octanol–water partition coefficient (Wildman–Crippen LogP) is 12.8. The summed E-state index contributed by atoms with van der Waals surface area (Å²) in [5.74, 6) is 0.833. The molecule has 0 aliphatic rings. The van der Waals surface area contributed by atoms with Crippen molar-refractivity contribution in [3.05, 3.63) is 0 Å². The van der Waals surface area contributed by atoms with Crippen LogP contribution >= 0.6 is 0 Å². The van der Waals surface area contributed by atoms with Gasteiger partial charge in [-0.3, -0.25) is 4.79 Å². The van der Waals surface area contributed by atoms with Gasteiger partial charge < -0.3 is 4.74 Å². The second kappa shape index (κ2) is 31.0. The fourth-order valence-electron chi connectivity index (χ4n) is 5.78. The zero-order valence-corrected chi connectivity index (χ0v) is 27.0. The molecular weight excluding hydrogens is 464 g/mol. The first kappa shape index (κ1) is 37.5. The van der Waals surface area contributed by atoms with Crippen LogP contribution in [-0.2, 0) is 9.53 Å². The third-order valence-electron chi connectivity index (χ3n) is 8.54. The number of ether oxygens (including phenoxy) is 1. The lowest BCUT2D eigenvalue weighted by Gasteiger charge is -2.21.